The van der Waals surface area contributed by atoms with Gasteiger partial charge in [0.15, 0.2) is 0 Å². The Morgan fingerprint density at radius 2 is 0.417 bits per heavy atom. The molecule has 0 atom stereocenters. The van der Waals surface area contributed by atoms with Gasteiger partial charge < -0.3 is 24.0 Å². The summed E-state index contributed by atoms with van der Waals surface area (Å²) >= 11 is 0. The van der Waals surface area contributed by atoms with Gasteiger partial charge in [0.25, 0.3) is 0 Å². The maximum atomic E-state index is 2.39. The summed E-state index contributed by atoms with van der Waals surface area (Å²) in [7, 11) is -0.704. The first kappa shape index (κ1) is 39.3. The summed E-state index contributed by atoms with van der Waals surface area (Å²) in [5.41, 5.74) is 0. The fourth-order valence-corrected chi connectivity index (χ4v) is 10.9. The van der Waals surface area contributed by atoms with Crippen molar-refractivity contribution in [2.75, 3.05) is 24.6 Å². The van der Waals surface area contributed by atoms with Gasteiger partial charge in [-0.05, 0) is 38.5 Å². The Morgan fingerprint density at radius 1 is 0.250 bits per heavy atom. The highest BCUT2D eigenvalue weighted by molar-refractivity contribution is 7.75. The number of hydrogen-bond acceptors (Lipinski definition) is 0. The van der Waals surface area contributed by atoms with E-state index in [2.05, 4.69) is 27.7 Å². The van der Waals surface area contributed by atoms with E-state index < -0.39 is 7.26 Å². The molecule has 0 amide bonds. The van der Waals surface area contributed by atoms with Crippen molar-refractivity contribution in [1.29, 1.82) is 0 Å². The molecule has 0 aliphatic rings. The second-order valence-electron chi connectivity index (χ2n) is 12.0. The lowest BCUT2D eigenvalue weighted by molar-refractivity contribution is -0.00000799. The molecule has 2 heteroatoms. The molecule has 0 spiro atoms. The third-order valence-corrected chi connectivity index (χ3v) is 13.5. The molecule has 0 saturated carbocycles. The molecule has 0 aromatic heterocycles. The van der Waals surface area contributed by atoms with Gasteiger partial charge >= 0.3 is 0 Å². The van der Waals surface area contributed by atoms with Crippen LogP contribution in [-0.4, -0.2) is 24.6 Å². The fraction of sp³-hybridized carbons (Fsp3) is 1.00. The fourth-order valence-electron chi connectivity index (χ4n) is 5.93. The average Bonchev–Trinajstić information content (AvgIpc) is 2.86. The molecule has 0 aliphatic heterocycles. The Balaban J connectivity index is 0. The van der Waals surface area contributed by atoms with E-state index in [1.807, 2.05) is 0 Å². The minimum absolute atomic E-state index is 0. The van der Waals surface area contributed by atoms with Gasteiger partial charge in [0, 0.05) is 7.26 Å². The molecule has 0 aromatic carbocycles. The summed E-state index contributed by atoms with van der Waals surface area (Å²) in [5.74, 6) is 0. The smallest absolute Gasteiger partial charge is 0.0594 e. The predicted molar refractivity (Wildman–Crippen MR) is 169 cm³/mol. The Labute approximate surface area is 249 Å². The summed E-state index contributed by atoms with van der Waals surface area (Å²) in [6.07, 6.45) is 45.1. The zero-order valence-electron chi connectivity index (χ0n) is 26.0. The van der Waals surface area contributed by atoms with Crippen LogP contribution in [-0.2, 0) is 0 Å². The first-order chi connectivity index (χ1) is 17.2. The third kappa shape index (κ3) is 26.8. The topological polar surface area (TPSA) is 0 Å². The molecule has 0 N–H and O–H groups in total. The molecule has 0 saturated heterocycles. The quantitative estimate of drug-likeness (QED) is 0.0417. The van der Waals surface area contributed by atoms with E-state index in [4.69, 9.17) is 0 Å². The summed E-state index contributed by atoms with van der Waals surface area (Å²) in [5, 5.41) is 0. The first-order valence-electron chi connectivity index (χ1n) is 17.1. The molecule has 0 fully saturated rings. The minimum Gasteiger partial charge on any atom is -1.00 e. The van der Waals surface area contributed by atoms with E-state index in [0.717, 1.165) is 0 Å². The van der Waals surface area contributed by atoms with E-state index in [1.54, 1.807) is 37.5 Å². The van der Waals surface area contributed by atoms with Crippen molar-refractivity contribution in [3.05, 3.63) is 0 Å². The van der Waals surface area contributed by atoms with Crippen LogP contribution in [0.1, 0.15) is 195 Å². The van der Waals surface area contributed by atoms with E-state index in [1.165, 1.54) is 154 Å². The molecule has 0 nitrogen and oxygen atoms in total. The lowest BCUT2D eigenvalue weighted by atomic mass is 10.1. The Morgan fingerprint density at radius 3 is 0.667 bits per heavy atom. The van der Waals surface area contributed by atoms with Gasteiger partial charge in [-0.25, -0.2) is 0 Å². The summed E-state index contributed by atoms with van der Waals surface area (Å²) in [6.45, 7) is 9.43. The van der Waals surface area contributed by atoms with Crippen LogP contribution in [0.25, 0.3) is 0 Å². The number of hydrogen-bond donors (Lipinski definition) is 0. The molecule has 0 aromatic rings. The van der Waals surface area contributed by atoms with Crippen molar-refractivity contribution in [3.63, 3.8) is 0 Å². The van der Waals surface area contributed by atoms with E-state index in [0.29, 0.717) is 0 Å². The predicted octanol–water partition coefficient (Wildman–Crippen LogP) is 10.2. The molecule has 0 bridgehead atoms. The zero-order valence-corrected chi connectivity index (χ0v) is 29.1. The van der Waals surface area contributed by atoms with Gasteiger partial charge in [-0.15, -0.1) is 0 Å². The van der Waals surface area contributed by atoms with Crippen LogP contribution >= 0.6 is 7.26 Å². The van der Waals surface area contributed by atoms with E-state index in [9.17, 15) is 0 Å². The van der Waals surface area contributed by atoms with Crippen LogP contribution in [0.3, 0.4) is 0 Å². The normalized spacial score (nSPS) is 11.7. The Hall–Kier alpha value is 1.16. The monoisotopic (exact) mass is 638 g/mol. The summed E-state index contributed by atoms with van der Waals surface area (Å²) < 4.78 is 0. The SMILES string of the molecule is CCCCCCCCCCCC[P+](CCCCC)(CCCCC)CCCCCCCCCCCC.[I-]. The molecule has 0 rings (SSSR count). The molecular weight excluding hydrogens is 566 g/mol. The van der Waals surface area contributed by atoms with Crippen LogP contribution in [0, 0.1) is 0 Å². The second kappa shape index (κ2) is 32.4. The summed E-state index contributed by atoms with van der Waals surface area (Å²) in [6, 6.07) is 0. The molecule has 0 aliphatic carbocycles. The zero-order chi connectivity index (χ0) is 25.7. The van der Waals surface area contributed by atoms with Crippen LogP contribution < -0.4 is 24.0 Å². The van der Waals surface area contributed by atoms with Crippen molar-refractivity contribution in [2.24, 2.45) is 0 Å². The molecule has 0 radical (unpaired) electrons. The Kier molecular flexibility index (Phi) is 35.3. The average molecular weight is 639 g/mol. The molecule has 0 unspecified atom stereocenters. The van der Waals surface area contributed by atoms with Crippen molar-refractivity contribution >= 4 is 7.26 Å². The van der Waals surface area contributed by atoms with Crippen LogP contribution in [0.2, 0.25) is 0 Å². The van der Waals surface area contributed by atoms with Crippen molar-refractivity contribution in [1.82, 2.24) is 0 Å². The molecule has 0 heterocycles. The maximum absolute atomic E-state index is 2.39. The molecular formula is C34H72IP. The Bertz CT molecular complexity index is 347. The first-order valence-corrected chi connectivity index (χ1v) is 19.6. The van der Waals surface area contributed by atoms with Gasteiger partial charge in [0.2, 0.25) is 0 Å². The molecule has 220 valence electrons. The second-order valence-corrected chi connectivity index (χ2v) is 16.5. The van der Waals surface area contributed by atoms with E-state index in [-0.39, 0.29) is 24.0 Å². The number of rotatable bonds is 30. The molecule has 36 heavy (non-hydrogen) atoms. The van der Waals surface area contributed by atoms with E-state index >= 15 is 0 Å². The van der Waals surface area contributed by atoms with Gasteiger partial charge in [-0.3, -0.25) is 0 Å². The maximum Gasteiger partial charge on any atom is 0.0594 e. The van der Waals surface area contributed by atoms with Crippen molar-refractivity contribution in [3.8, 4) is 0 Å². The van der Waals surface area contributed by atoms with Crippen molar-refractivity contribution < 1.29 is 24.0 Å². The standard InChI is InChI=1S/C34H72P.HI/c1-5-9-13-15-17-19-21-23-25-29-33-35(31-27-11-7-3,32-28-12-8-4)34-30-26-24-22-20-18-16-14-10-6-2;/h5-34H2,1-4H3;1H/q+1;/p-1. The van der Waals surface area contributed by atoms with Crippen LogP contribution in [0.15, 0.2) is 0 Å². The lowest BCUT2D eigenvalue weighted by Gasteiger charge is -2.28. The van der Waals surface area contributed by atoms with Crippen LogP contribution in [0.4, 0.5) is 0 Å². The van der Waals surface area contributed by atoms with Crippen molar-refractivity contribution in [2.45, 2.75) is 195 Å². The highest BCUT2D eigenvalue weighted by atomic mass is 127. The largest absolute Gasteiger partial charge is 1.00 e. The van der Waals surface area contributed by atoms with Gasteiger partial charge in [0.1, 0.15) is 0 Å². The van der Waals surface area contributed by atoms with Gasteiger partial charge in [0.05, 0.1) is 24.6 Å². The van der Waals surface area contributed by atoms with Gasteiger partial charge in [-0.1, -0.05) is 156 Å². The van der Waals surface area contributed by atoms with Crippen LogP contribution in [0.5, 0.6) is 0 Å². The minimum atomic E-state index is -0.704. The number of unbranched alkanes of at least 4 members (excludes halogenated alkanes) is 22. The van der Waals surface area contributed by atoms with Gasteiger partial charge in [-0.2, -0.15) is 0 Å². The lowest BCUT2D eigenvalue weighted by Crippen LogP contribution is -3.00. The highest BCUT2D eigenvalue weighted by Crippen LogP contribution is 2.61. The number of halogens is 1. The third-order valence-electron chi connectivity index (χ3n) is 8.44. The highest BCUT2D eigenvalue weighted by Gasteiger charge is 2.34. The summed E-state index contributed by atoms with van der Waals surface area (Å²) in [4.78, 5) is 0.